The van der Waals surface area contributed by atoms with Crippen molar-refractivity contribution in [1.82, 2.24) is 15.1 Å². The fraction of sp³-hybridized carbons (Fsp3) is 0.450. The molecule has 6 nitrogen and oxygen atoms in total. The summed E-state index contributed by atoms with van der Waals surface area (Å²) in [6, 6.07) is 9.34. The second-order valence-electron chi connectivity index (χ2n) is 7.36. The first-order valence-electron chi connectivity index (χ1n) is 9.07. The molecule has 0 atom stereocenters. The number of imide groups is 1. The Morgan fingerprint density at radius 2 is 1.85 bits per heavy atom. The van der Waals surface area contributed by atoms with Crippen molar-refractivity contribution >= 4 is 23.9 Å². The normalized spacial score (nSPS) is 19.7. The fourth-order valence-electron chi connectivity index (χ4n) is 3.65. The molecule has 3 rings (SSSR count). The highest BCUT2D eigenvalue weighted by Gasteiger charge is 2.54. The third kappa shape index (κ3) is 3.49. The molecular formula is C20H25N3O3. The van der Waals surface area contributed by atoms with E-state index in [0.29, 0.717) is 32.5 Å². The molecule has 0 bridgehead atoms. The maximum Gasteiger partial charge on any atom is 0.325 e. The predicted molar refractivity (Wildman–Crippen MR) is 99.1 cm³/mol. The highest BCUT2D eigenvalue weighted by atomic mass is 16.2. The molecule has 0 unspecified atom stereocenters. The molecule has 0 saturated carbocycles. The van der Waals surface area contributed by atoms with Crippen LogP contribution in [0.3, 0.4) is 0 Å². The van der Waals surface area contributed by atoms with Gasteiger partial charge in [-0.1, -0.05) is 44.2 Å². The SMILES string of the molecule is CC(C)CN1C(=O)NC(=O)C12CCN(C(=O)/C=C/c1ccccc1)CC2. The summed E-state index contributed by atoms with van der Waals surface area (Å²) in [6.45, 7) is 5.52. The Labute approximate surface area is 153 Å². The lowest BCUT2D eigenvalue weighted by atomic mass is 9.85. The molecule has 0 radical (unpaired) electrons. The van der Waals surface area contributed by atoms with Crippen molar-refractivity contribution in [2.24, 2.45) is 5.92 Å². The third-order valence-electron chi connectivity index (χ3n) is 5.07. The Hall–Kier alpha value is -2.63. The average Bonchev–Trinajstić information content (AvgIpc) is 2.85. The van der Waals surface area contributed by atoms with Crippen molar-refractivity contribution in [2.75, 3.05) is 19.6 Å². The number of hydrogen-bond acceptors (Lipinski definition) is 3. The summed E-state index contributed by atoms with van der Waals surface area (Å²) >= 11 is 0. The van der Waals surface area contributed by atoms with Crippen molar-refractivity contribution in [1.29, 1.82) is 0 Å². The van der Waals surface area contributed by atoms with Gasteiger partial charge in [-0.2, -0.15) is 0 Å². The monoisotopic (exact) mass is 355 g/mol. The van der Waals surface area contributed by atoms with Gasteiger partial charge < -0.3 is 9.80 Å². The van der Waals surface area contributed by atoms with E-state index in [0.717, 1.165) is 5.56 Å². The number of amides is 4. The van der Waals surface area contributed by atoms with Gasteiger partial charge >= 0.3 is 6.03 Å². The number of piperidine rings is 1. The third-order valence-corrected chi connectivity index (χ3v) is 5.07. The molecule has 6 heteroatoms. The molecule has 2 aliphatic heterocycles. The van der Waals surface area contributed by atoms with Gasteiger partial charge in [0.2, 0.25) is 5.91 Å². The smallest absolute Gasteiger partial charge is 0.325 e. The summed E-state index contributed by atoms with van der Waals surface area (Å²) in [6.07, 6.45) is 4.31. The molecule has 2 aliphatic rings. The van der Waals surface area contributed by atoms with E-state index in [9.17, 15) is 14.4 Å². The lowest BCUT2D eigenvalue weighted by Crippen LogP contribution is -2.57. The number of carbonyl (C=O) groups excluding carboxylic acids is 3. The summed E-state index contributed by atoms with van der Waals surface area (Å²) in [7, 11) is 0. The first-order valence-corrected chi connectivity index (χ1v) is 9.07. The molecule has 2 heterocycles. The van der Waals surface area contributed by atoms with E-state index in [1.807, 2.05) is 44.2 Å². The zero-order valence-electron chi connectivity index (χ0n) is 15.3. The number of nitrogens with one attached hydrogen (secondary N) is 1. The molecule has 0 aliphatic carbocycles. The number of rotatable bonds is 4. The number of hydrogen-bond donors (Lipinski definition) is 1. The molecule has 26 heavy (non-hydrogen) atoms. The zero-order valence-corrected chi connectivity index (χ0v) is 15.3. The molecule has 2 saturated heterocycles. The molecule has 0 aromatic heterocycles. The van der Waals surface area contributed by atoms with Gasteiger partial charge in [-0.25, -0.2) is 4.79 Å². The van der Waals surface area contributed by atoms with Crippen LogP contribution in [0.2, 0.25) is 0 Å². The maximum atomic E-state index is 12.4. The number of carbonyl (C=O) groups is 3. The van der Waals surface area contributed by atoms with Gasteiger partial charge in [-0.15, -0.1) is 0 Å². The van der Waals surface area contributed by atoms with Crippen LogP contribution >= 0.6 is 0 Å². The zero-order chi connectivity index (χ0) is 18.7. The van der Waals surface area contributed by atoms with Gasteiger partial charge in [0.1, 0.15) is 5.54 Å². The first-order chi connectivity index (χ1) is 12.4. The fourth-order valence-corrected chi connectivity index (χ4v) is 3.65. The lowest BCUT2D eigenvalue weighted by Gasteiger charge is -2.42. The van der Waals surface area contributed by atoms with E-state index in [2.05, 4.69) is 5.32 Å². The minimum atomic E-state index is -0.804. The Morgan fingerprint density at radius 3 is 2.46 bits per heavy atom. The van der Waals surface area contributed by atoms with Crippen LogP contribution in [0.4, 0.5) is 4.79 Å². The second kappa shape index (κ2) is 7.32. The molecule has 1 N–H and O–H groups in total. The Kier molecular flexibility index (Phi) is 5.11. The Morgan fingerprint density at radius 1 is 1.19 bits per heavy atom. The average molecular weight is 355 g/mol. The van der Waals surface area contributed by atoms with Gasteiger partial charge in [0, 0.05) is 25.7 Å². The van der Waals surface area contributed by atoms with Crippen LogP contribution < -0.4 is 5.32 Å². The summed E-state index contributed by atoms with van der Waals surface area (Å²) < 4.78 is 0. The second-order valence-corrected chi connectivity index (χ2v) is 7.36. The molecule has 138 valence electrons. The molecule has 4 amide bonds. The van der Waals surface area contributed by atoms with Crippen molar-refractivity contribution in [3.8, 4) is 0 Å². The van der Waals surface area contributed by atoms with Crippen LogP contribution in [-0.4, -0.2) is 52.8 Å². The van der Waals surface area contributed by atoms with E-state index in [1.54, 1.807) is 22.0 Å². The topological polar surface area (TPSA) is 69.7 Å². The number of benzene rings is 1. The summed E-state index contributed by atoms with van der Waals surface area (Å²) in [4.78, 5) is 40.5. The first kappa shape index (κ1) is 18.2. The van der Waals surface area contributed by atoms with Gasteiger partial charge in [-0.3, -0.25) is 14.9 Å². The standard InChI is InChI=1S/C20H25N3O3/c1-15(2)14-23-19(26)21-18(25)20(23)10-12-22(13-11-20)17(24)9-8-16-6-4-3-5-7-16/h3-9,15H,10-14H2,1-2H3,(H,21,25,26)/b9-8+. The van der Waals surface area contributed by atoms with Crippen molar-refractivity contribution in [3.63, 3.8) is 0 Å². The van der Waals surface area contributed by atoms with Crippen LogP contribution in [0.5, 0.6) is 0 Å². The van der Waals surface area contributed by atoms with Crippen LogP contribution in [0.15, 0.2) is 36.4 Å². The van der Waals surface area contributed by atoms with Crippen LogP contribution in [0.25, 0.3) is 6.08 Å². The van der Waals surface area contributed by atoms with Gasteiger partial charge in [0.05, 0.1) is 0 Å². The number of likely N-dealkylation sites (tertiary alicyclic amines) is 1. The van der Waals surface area contributed by atoms with E-state index < -0.39 is 5.54 Å². The Bertz CT molecular complexity index is 719. The highest BCUT2D eigenvalue weighted by Crippen LogP contribution is 2.34. The largest absolute Gasteiger partial charge is 0.339 e. The molecule has 2 fully saturated rings. The molecular weight excluding hydrogens is 330 g/mol. The van der Waals surface area contributed by atoms with Gasteiger partial charge in [-0.05, 0) is 30.4 Å². The van der Waals surface area contributed by atoms with Gasteiger partial charge in [0.25, 0.3) is 5.91 Å². The molecule has 1 spiro atoms. The van der Waals surface area contributed by atoms with Crippen molar-refractivity contribution in [3.05, 3.63) is 42.0 Å². The molecule has 1 aromatic rings. The summed E-state index contributed by atoms with van der Waals surface area (Å²) in [5.74, 6) is -0.0177. The van der Waals surface area contributed by atoms with Crippen LogP contribution in [0.1, 0.15) is 32.3 Å². The summed E-state index contributed by atoms with van der Waals surface area (Å²) in [5, 5.41) is 2.45. The predicted octanol–water partition coefficient (Wildman–Crippen LogP) is 2.27. The number of nitrogens with zero attached hydrogens (tertiary/aromatic N) is 2. The molecule has 1 aromatic carbocycles. The van der Waals surface area contributed by atoms with E-state index in [4.69, 9.17) is 0 Å². The number of urea groups is 1. The van der Waals surface area contributed by atoms with Crippen molar-refractivity contribution in [2.45, 2.75) is 32.2 Å². The van der Waals surface area contributed by atoms with Crippen LogP contribution in [-0.2, 0) is 9.59 Å². The Balaban J connectivity index is 1.66. The quantitative estimate of drug-likeness (QED) is 0.665. The van der Waals surface area contributed by atoms with Crippen molar-refractivity contribution < 1.29 is 14.4 Å². The van der Waals surface area contributed by atoms with Crippen LogP contribution in [0, 0.1) is 5.92 Å². The summed E-state index contributed by atoms with van der Waals surface area (Å²) in [5.41, 5.74) is 0.166. The maximum absolute atomic E-state index is 12.4. The van der Waals surface area contributed by atoms with E-state index in [-0.39, 0.29) is 23.8 Å². The van der Waals surface area contributed by atoms with Gasteiger partial charge in [0.15, 0.2) is 0 Å². The lowest BCUT2D eigenvalue weighted by molar-refractivity contribution is -0.135. The highest BCUT2D eigenvalue weighted by molar-refractivity contribution is 6.07. The van der Waals surface area contributed by atoms with E-state index >= 15 is 0 Å². The van der Waals surface area contributed by atoms with E-state index in [1.165, 1.54) is 0 Å². The minimum absolute atomic E-state index is 0.0659. The minimum Gasteiger partial charge on any atom is -0.339 e.